The molecule has 4 amide bonds. The molecule has 0 aromatic heterocycles. The van der Waals surface area contributed by atoms with Crippen LogP contribution in [0.15, 0.2) is 24.3 Å². The Balaban J connectivity index is 1.49. The highest BCUT2D eigenvalue weighted by atomic mass is 16.5. The summed E-state index contributed by atoms with van der Waals surface area (Å²) in [6.07, 6.45) is 1.46. The lowest BCUT2D eigenvalue weighted by Gasteiger charge is -2.46. The van der Waals surface area contributed by atoms with Gasteiger partial charge < -0.3 is 24.3 Å². The van der Waals surface area contributed by atoms with E-state index in [9.17, 15) is 14.4 Å². The average molecular weight is 415 g/mol. The molecule has 0 radical (unpaired) electrons. The van der Waals surface area contributed by atoms with Crippen LogP contribution in [0.1, 0.15) is 23.2 Å². The molecule has 1 spiro atoms. The molecule has 1 aromatic rings. The minimum atomic E-state index is -0.283. The molecule has 30 heavy (non-hydrogen) atoms. The standard InChI is InChI=1S/C22H30N4O4/c1-23(2)21(29)26-13-17-18(14-26)22(24(3)20(17)28)8-10-25(11-9-22)19(27)15-6-5-7-16(12-15)30-4/h5-7,12,17-18H,8-11,13-14H2,1-4H3/t17-,18+/m1/s1. The van der Waals surface area contributed by atoms with Gasteiger partial charge in [0.15, 0.2) is 0 Å². The van der Waals surface area contributed by atoms with Crippen molar-refractivity contribution < 1.29 is 19.1 Å². The zero-order valence-corrected chi connectivity index (χ0v) is 18.1. The van der Waals surface area contributed by atoms with E-state index < -0.39 is 0 Å². The maximum Gasteiger partial charge on any atom is 0.319 e. The Labute approximate surface area is 177 Å². The monoisotopic (exact) mass is 414 g/mol. The van der Waals surface area contributed by atoms with E-state index in [2.05, 4.69) is 0 Å². The number of urea groups is 1. The number of rotatable bonds is 2. The molecule has 0 unspecified atom stereocenters. The molecule has 3 saturated heterocycles. The lowest BCUT2D eigenvalue weighted by atomic mass is 9.75. The molecule has 3 aliphatic heterocycles. The summed E-state index contributed by atoms with van der Waals surface area (Å²) in [5.41, 5.74) is 0.330. The van der Waals surface area contributed by atoms with Gasteiger partial charge in [-0.15, -0.1) is 0 Å². The van der Waals surface area contributed by atoms with E-state index in [-0.39, 0.29) is 35.2 Å². The highest BCUT2D eigenvalue weighted by molar-refractivity contribution is 5.94. The van der Waals surface area contributed by atoms with Gasteiger partial charge in [-0.05, 0) is 31.0 Å². The number of benzene rings is 1. The van der Waals surface area contributed by atoms with Gasteiger partial charge in [-0.1, -0.05) is 6.07 Å². The Morgan fingerprint density at radius 3 is 2.47 bits per heavy atom. The van der Waals surface area contributed by atoms with Crippen molar-refractivity contribution in [3.05, 3.63) is 29.8 Å². The van der Waals surface area contributed by atoms with Gasteiger partial charge in [0.25, 0.3) is 5.91 Å². The van der Waals surface area contributed by atoms with E-state index in [1.165, 1.54) is 0 Å². The Bertz CT molecular complexity index is 862. The number of piperidine rings is 1. The first-order valence-electron chi connectivity index (χ1n) is 10.5. The predicted octanol–water partition coefficient (Wildman–Crippen LogP) is 1.37. The first kappa shape index (κ1) is 20.5. The van der Waals surface area contributed by atoms with Gasteiger partial charge >= 0.3 is 6.03 Å². The number of likely N-dealkylation sites (tertiary alicyclic amines) is 3. The average Bonchev–Trinajstić information content (AvgIpc) is 3.29. The zero-order valence-electron chi connectivity index (χ0n) is 18.1. The van der Waals surface area contributed by atoms with Crippen LogP contribution >= 0.6 is 0 Å². The lowest BCUT2D eigenvalue weighted by Crippen LogP contribution is -2.57. The first-order chi connectivity index (χ1) is 14.3. The summed E-state index contributed by atoms with van der Waals surface area (Å²) in [4.78, 5) is 45.6. The van der Waals surface area contributed by atoms with Crippen LogP contribution in [0.2, 0.25) is 0 Å². The van der Waals surface area contributed by atoms with E-state index in [0.717, 1.165) is 12.8 Å². The maximum atomic E-state index is 13.0. The normalized spacial score (nSPS) is 24.9. The molecule has 0 saturated carbocycles. The number of carbonyl (C=O) groups is 3. The summed E-state index contributed by atoms with van der Waals surface area (Å²) in [5.74, 6) is 0.757. The maximum absolute atomic E-state index is 13.0. The SMILES string of the molecule is COc1cccc(C(=O)N2CCC3(CC2)[C@H]2CN(C(=O)N(C)C)C[C@H]2C(=O)N3C)c1. The molecule has 8 heteroatoms. The second-order valence-electron chi connectivity index (χ2n) is 8.82. The minimum absolute atomic E-state index is 0.0110. The second-order valence-corrected chi connectivity index (χ2v) is 8.82. The number of nitrogens with zero attached hydrogens (tertiary/aromatic N) is 4. The van der Waals surface area contributed by atoms with Gasteiger partial charge in [-0.2, -0.15) is 0 Å². The largest absolute Gasteiger partial charge is 0.497 e. The molecule has 3 aliphatic rings. The zero-order chi connectivity index (χ0) is 21.6. The van der Waals surface area contributed by atoms with Crippen LogP contribution in [0.25, 0.3) is 0 Å². The summed E-state index contributed by atoms with van der Waals surface area (Å²) in [6.45, 7) is 2.28. The van der Waals surface area contributed by atoms with E-state index in [1.54, 1.807) is 43.1 Å². The quantitative estimate of drug-likeness (QED) is 0.733. The van der Waals surface area contributed by atoms with Crippen molar-refractivity contribution in [2.75, 3.05) is 54.4 Å². The summed E-state index contributed by atoms with van der Waals surface area (Å²) < 4.78 is 5.24. The third kappa shape index (κ3) is 3.09. The third-order valence-electron chi connectivity index (χ3n) is 7.21. The van der Waals surface area contributed by atoms with Crippen molar-refractivity contribution in [3.63, 3.8) is 0 Å². The topological polar surface area (TPSA) is 73.4 Å². The van der Waals surface area contributed by atoms with E-state index in [4.69, 9.17) is 4.74 Å². The Hall–Kier alpha value is -2.77. The highest BCUT2D eigenvalue weighted by Crippen LogP contribution is 2.49. The van der Waals surface area contributed by atoms with Crippen molar-refractivity contribution in [3.8, 4) is 5.75 Å². The molecule has 4 rings (SSSR count). The number of hydrogen-bond acceptors (Lipinski definition) is 4. The molecule has 3 heterocycles. The van der Waals surface area contributed by atoms with Crippen molar-refractivity contribution >= 4 is 17.8 Å². The van der Waals surface area contributed by atoms with Crippen LogP contribution in [-0.4, -0.2) is 97.4 Å². The van der Waals surface area contributed by atoms with Crippen LogP contribution < -0.4 is 4.74 Å². The molecule has 8 nitrogen and oxygen atoms in total. The van der Waals surface area contributed by atoms with E-state index in [1.807, 2.05) is 29.0 Å². The number of methoxy groups -OCH3 is 1. The lowest BCUT2D eigenvalue weighted by molar-refractivity contribution is -0.133. The Kier molecular flexibility index (Phi) is 5.11. The van der Waals surface area contributed by atoms with Gasteiger partial charge in [-0.25, -0.2) is 4.79 Å². The van der Waals surface area contributed by atoms with Crippen molar-refractivity contribution in [2.24, 2.45) is 11.8 Å². The van der Waals surface area contributed by atoms with Gasteiger partial charge in [0.1, 0.15) is 5.75 Å². The van der Waals surface area contributed by atoms with Crippen LogP contribution in [-0.2, 0) is 4.79 Å². The Morgan fingerprint density at radius 2 is 1.83 bits per heavy atom. The van der Waals surface area contributed by atoms with Gasteiger partial charge in [-0.3, -0.25) is 9.59 Å². The van der Waals surface area contributed by atoms with Crippen molar-refractivity contribution in [2.45, 2.75) is 18.4 Å². The summed E-state index contributed by atoms with van der Waals surface area (Å²) in [7, 11) is 6.95. The summed E-state index contributed by atoms with van der Waals surface area (Å²) in [5, 5.41) is 0. The van der Waals surface area contributed by atoms with Crippen LogP contribution in [0.4, 0.5) is 4.79 Å². The number of fused-ring (bicyclic) bond motifs is 2. The fraction of sp³-hybridized carbons (Fsp3) is 0.591. The molecule has 2 atom stereocenters. The van der Waals surface area contributed by atoms with Gasteiger partial charge in [0.05, 0.1) is 18.6 Å². The molecular formula is C22H30N4O4. The third-order valence-corrected chi connectivity index (χ3v) is 7.21. The van der Waals surface area contributed by atoms with Gasteiger partial charge in [0, 0.05) is 58.8 Å². The number of hydrogen-bond donors (Lipinski definition) is 0. The predicted molar refractivity (Wildman–Crippen MR) is 111 cm³/mol. The molecular weight excluding hydrogens is 384 g/mol. The molecule has 0 bridgehead atoms. The van der Waals surface area contributed by atoms with Crippen LogP contribution in [0.5, 0.6) is 5.75 Å². The number of ether oxygens (including phenoxy) is 1. The second kappa shape index (κ2) is 7.49. The molecule has 0 N–H and O–H groups in total. The first-order valence-corrected chi connectivity index (χ1v) is 10.5. The van der Waals surface area contributed by atoms with Crippen molar-refractivity contribution in [1.82, 2.24) is 19.6 Å². The fourth-order valence-corrected chi connectivity index (χ4v) is 5.50. The van der Waals surface area contributed by atoms with E-state index >= 15 is 0 Å². The van der Waals surface area contributed by atoms with Crippen LogP contribution in [0, 0.1) is 11.8 Å². The minimum Gasteiger partial charge on any atom is -0.497 e. The highest BCUT2D eigenvalue weighted by Gasteiger charge is 2.61. The molecule has 162 valence electrons. The number of carbonyl (C=O) groups excluding carboxylic acids is 3. The smallest absolute Gasteiger partial charge is 0.319 e. The fourth-order valence-electron chi connectivity index (χ4n) is 5.50. The molecule has 1 aromatic carbocycles. The van der Waals surface area contributed by atoms with Crippen molar-refractivity contribution in [1.29, 1.82) is 0 Å². The molecule has 0 aliphatic carbocycles. The summed E-state index contributed by atoms with van der Waals surface area (Å²) >= 11 is 0. The van der Waals surface area contributed by atoms with E-state index in [0.29, 0.717) is 37.5 Å². The van der Waals surface area contributed by atoms with Crippen LogP contribution in [0.3, 0.4) is 0 Å². The summed E-state index contributed by atoms with van der Waals surface area (Å²) in [6, 6.07) is 7.16. The van der Waals surface area contributed by atoms with Gasteiger partial charge in [0.2, 0.25) is 5.91 Å². The number of amides is 4. The Morgan fingerprint density at radius 1 is 1.13 bits per heavy atom. The molecule has 3 fully saturated rings.